The van der Waals surface area contributed by atoms with Gasteiger partial charge in [-0.05, 0) is 56.6 Å². The molecular weight excluding hydrogens is 316 g/mol. The van der Waals surface area contributed by atoms with E-state index in [1.54, 1.807) is 0 Å². The number of hydrogen-bond donors (Lipinski definition) is 1. The summed E-state index contributed by atoms with van der Waals surface area (Å²) >= 11 is 3.44. The highest BCUT2D eigenvalue weighted by Crippen LogP contribution is 2.16. The zero-order chi connectivity index (χ0) is 14.2. The van der Waals surface area contributed by atoms with E-state index in [9.17, 15) is 0 Å². The minimum Gasteiger partial charge on any atom is -0.492 e. The van der Waals surface area contributed by atoms with E-state index in [-0.39, 0.29) is 0 Å². The van der Waals surface area contributed by atoms with Crippen LogP contribution in [0.1, 0.15) is 26.2 Å². The van der Waals surface area contributed by atoms with Crippen LogP contribution in [0.3, 0.4) is 0 Å². The lowest BCUT2D eigenvalue weighted by molar-refractivity contribution is 0.196. The second kappa shape index (κ2) is 8.65. The van der Waals surface area contributed by atoms with Crippen molar-refractivity contribution in [1.29, 1.82) is 0 Å². The predicted molar refractivity (Wildman–Crippen MR) is 87.4 cm³/mol. The van der Waals surface area contributed by atoms with Gasteiger partial charge in [-0.25, -0.2) is 0 Å². The molecule has 3 nitrogen and oxygen atoms in total. The molecule has 1 N–H and O–H groups in total. The van der Waals surface area contributed by atoms with Crippen molar-refractivity contribution >= 4 is 15.9 Å². The van der Waals surface area contributed by atoms with Crippen LogP contribution in [0.15, 0.2) is 28.7 Å². The van der Waals surface area contributed by atoms with E-state index in [4.69, 9.17) is 4.74 Å². The molecule has 4 heteroatoms. The van der Waals surface area contributed by atoms with Crippen molar-refractivity contribution < 1.29 is 4.74 Å². The molecule has 112 valence electrons. The summed E-state index contributed by atoms with van der Waals surface area (Å²) in [7, 11) is 0. The number of hydrogen-bond acceptors (Lipinski definition) is 3. The highest BCUT2D eigenvalue weighted by Gasteiger charge is 2.17. The Labute approximate surface area is 130 Å². The number of nitrogens with zero attached hydrogens (tertiary/aromatic N) is 1. The summed E-state index contributed by atoms with van der Waals surface area (Å²) < 4.78 is 6.91. The summed E-state index contributed by atoms with van der Waals surface area (Å²) in [5.74, 6) is 0.948. The lowest BCUT2D eigenvalue weighted by Crippen LogP contribution is -2.39. The molecule has 1 heterocycles. The number of ether oxygens (including phenoxy) is 1. The Bertz CT molecular complexity index is 377. The molecule has 1 aromatic rings. The van der Waals surface area contributed by atoms with Crippen LogP contribution in [-0.4, -0.2) is 43.7 Å². The number of rotatable bonds is 8. The Hall–Kier alpha value is -0.580. The average molecular weight is 341 g/mol. The molecule has 1 saturated heterocycles. The van der Waals surface area contributed by atoms with Crippen molar-refractivity contribution in [2.45, 2.75) is 32.2 Å². The van der Waals surface area contributed by atoms with Crippen molar-refractivity contribution in [1.82, 2.24) is 10.2 Å². The first kappa shape index (κ1) is 15.8. The van der Waals surface area contributed by atoms with E-state index in [1.165, 1.54) is 25.8 Å². The first-order valence-electron chi connectivity index (χ1n) is 7.62. The standard InChI is InChI=1S/C16H25BrN2O/c1-2-10-19(13-15-4-3-9-18-15)11-12-20-16-7-5-14(17)6-8-16/h5-8,15,18H,2-4,9-13H2,1H3. The highest BCUT2D eigenvalue weighted by atomic mass is 79.9. The Balaban J connectivity index is 1.72. The molecule has 0 aliphatic carbocycles. The Morgan fingerprint density at radius 1 is 1.30 bits per heavy atom. The molecule has 0 amide bonds. The van der Waals surface area contributed by atoms with E-state index in [0.29, 0.717) is 6.04 Å². The number of nitrogens with one attached hydrogen (secondary N) is 1. The van der Waals surface area contributed by atoms with Crippen LogP contribution < -0.4 is 10.1 Å². The third-order valence-corrected chi connectivity index (χ3v) is 4.20. The fraction of sp³-hybridized carbons (Fsp3) is 0.625. The second-order valence-electron chi connectivity index (χ2n) is 5.40. The second-order valence-corrected chi connectivity index (χ2v) is 6.31. The summed E-state index contributed by atoms with van der Waals surface area (Å²) in [4.78, 5) is 2.52. The maximum absolute atomic E-state index is 5.82. The zero-order valence-corrected chi connectivity index (χ0v) is 13.9. The SMILES string of the molecule is CCCN(CCOc1ccc(Br)cc1)CC1CCCN1. The van der Waals surface area contributed by atoms with Crippen molar-refractivity contribution in [2.75, 3.05) is 32.8 Å². The Kier molecular flexibility index (Phi) is 6.83. The van der Waals surface area contributed by atoms with Crippen molar-refractivity contribution in [3.63, 3.8) is 0 Å². The fourth-order valence-corrected chi connectivity index (χ4v) is 2.92. The van der Waals surface area contributed by atoms with Crippen LogP contribution in [0, 0.1) is 0 Å². The summed E-state index contributed by atoms with van der Waals surface area (Å²) in [6, 6.07) is 8.72. The average Bonchev–Trinajstić information content (AvgIpc) is 2.94. The molecule has 1 unspecified atom stereocenters. The van der Waals surface area contributed by atoms with Gasteiger partial charge in [-0.3, -0.25) is 4.90 Å². The first-order valence-corrected chi connectivity index (χ1v) is 8.41. The summed E-state index contributed by atoms with van der Waals surface area (Å²) in [6.45, 7) is 7.49. The Morgan fingerprint density at radius 3 is 2.75 bits per heavy atom. The van der Waals surface area contributed by atoms with Gasteiger partial charge in [0.05, 0.1) is 0 Å². The number of benzene rings is 1. The van der Waals surface area contributed by atoms with E-state index >= 15 is 0 Å². The van der Waals surface area contributed by atoms with Crippen molar-refractivity contribution in [3.05, 3.63) is 28.7 Å². The van der Waals surface area contributed by atoms with Gasteiger partial charge in [0.1, 0.15) is 12.4 Å². The van der Waals surface area contributed by atoms with Gasteiger partial charge in [0.25, 0.3) is 0 Å². The van der Waals surface area contributed by atoms with Crippen molar-refractivity contribution in [3.8, 4) is 5.75 Å². The maximum Gasteiger partial charge on any atom is 0.119 e. The maximum atomic E-state index is 5.82. The molecule has 0 bridgehead atoms. The lowest BCUT2D eigenvalue weighted by Gasteiger charge is -2.25. The molecule has 0 aromatic heterocycles. The molecule has 0 spiro atoms. The molecule has 0 saturated carbocycles. The minimum absolute atomic E-state index is 0.675. The summed E-state index contributed by atoms with van der Waals surface area (Å²) in [5, 5.41) is 3.57. The molecule has 1 aliphatic heterocycles. The van der Waals surface area contributed by atoms with Crippen LogP contribution in [0.4, 0.5) is 0 Å². The molecule has 20 heavy (non-hydrogen) atoms. The van der Waals surface area contributed by atoms with Gasteiger partial charge in [0.15, 0.2) is 0 Å². The lowest BCUT2D eigenvalue weighted by atomic mass is 10.2. The molecule has 0 radical (unpaired) electrons. The molecule has 1 aliphatic rings. The quantitative estimate of drug-likeness (QED) is 0.785. The predicted octanol–water partition coefficient (Wildman–Crippen LogP) is 3.29. The normalized spacial score (nSPS) is 18.6. The van der Waals surface area contributed by atoms with Gasteiger partial charge in [-0.1, -0.05) is 22.9 Å². The molecule has 1 atom stereocenters. The topological polar surface area (TPSA) is 24.5 Å². The monoisotopic (exact) mass is 340 g/mol. The van der Waals surface area contributed by atoms with Crippen LogP contribution in [0.5, 0.6) is 5.75 Å². The van der Waals surface area contributed by atoms with Crippen molar-refractivity contribution in [2.24, 2.45) is 0 Å². The van der Waals surface area contributed by atoms with Crippen LogP contribution in [0.2, 0.25) is 0 Å². The third-order valence-electron chi connectivity index (χ3n) is 3.67. The van der Waals surface area contributed by atoms with Gasteiger partial charge in [-0.2, -0.15) is 0 Å². The van der Waals surface area contributed by atoms with Crippen LogP contribution >= 0.6 is 15.9 Å². The van der Waals surface area contributed by atoms with Gasteiger partial charge in [0, 0.05) is 23.6 Å². The first-order chi connectivity index (χ1) is 9.78. The molecule has 2 rings (SSSR count). The fourth-order valence-electron chi connectivity index (χ4n) is 2.66. The smallest absolute Gasteiger partial charge is 0.119 e. The van der Waals surface area contributed by atoms with E-state index in [1.807, 2.05) is 24.3 Å². The molecule has 1 fully saturated rings. The van der Waals surface area contributed by atoms with Gasteiger partial charge < -0.3 is 10.1 Å². The summed E-state index contributed by atoms with van der Waals surface area (Å²) in [5.41, 5.74) is 0. The van der Waals surface area contributed by atoms with E-state index in [0.717, 1.165) is 36.5 Å². The van der Waals surface area contributed by atoms with Crippen LogP contribution in [0.25, 0.3) is 0 Å². The summed E-state index contributed by atoms with van der Waals surface area (Å²) in [6.07, 6.45) is 3.83. The Morgan fingerprint density at radius 2 is 2.10 bits per heavy atom. The van der Waals surface area contributed by atoms with E-state index < -0.39 is 0 Å². The largest absolute Gasteiger partial charge is 0.492 e. The van der Waals surface area contributed by atoms with Gasteiger partial charge in [-0.15, -0.1) is 0 Å². The van der Waals surface area contributed by atoms with E-state index in [2.05, 4.69) is 33.1 Å². The van der Waals surface area contributed by atoms with Gasteiger partial charge in [0.2, 0.25) is 0 Å². The minimum atomic E-state index is 0.675. The molecule has 1 aromatic carbocycles. The number of halogens is 1. The van der Waals surface area contributed by atoms with Gasteiger partial charge >= 0.3 is 0 Å². The zero-order valence-electron chi connectivity index (χ0n) is 12.3. The van der Waals surface area contributed by atoms with Crippen LogP contribution in [-0.2, 0) is 0 Å². The third kappa shape index (κ3) is 5.43. The highest BCUT2D eigenvalue weighted by molar-refractivity contribution is 9.10. The molecular formula is C16H25BrN2O.